The number of carbonyl (C=O) groups excluding carboxylic acids is 4. The lowest BCUT2D eigenvalue weighted by Crippen LogP contribution is -2.60. The first-order valence-corrected chi connectivity index (χ1v) is 14.6. The Morgan fingerprint density at radius 1 is 1.05 bits per heavy atom. The lowest BCUT2D eigenvalue weighted by atomic mass is 10.0. The third kappa shape index (κ3) is 9.12. The van der Waals surface area contributed by atoms with Crippen LogP contribution in [0.15, 0.2) is 42.5 Å². The third-order valence-electron chi connectivity index (χ3n) is 7.21. The second-order valence-corrected chi connectivity index (χ2v) is 11.4. The van der Waals surface area contributed by atoms with Crippen LogP contribution in [-0.4, -0.2) is 64.6 Å². The highest BCUT2D eigenvalue weighted by atomic mass is 16.5. The minimum absolute atomic E-state index is 0.160. The molecule has 1 unspecified atom stereocenters. The van der Waals surface area contributed by atoms with Gasteiger partial charge in [0.2, 0.25) is 11.8 Å². The normalized spacial score (nSPS) is 18.4. The number of aliphatic hydroxyl groups excluding tert-OH is 1. The molecule has 0 aromatic heterocycles. The topological polar surface area (TPSA) is 137 Å². The van der Waals surface area contributed by atoms with Crippen LogP contribution in [0.3, 0.4) is 0 Å². The fraction of sp³-hybridized carbons (Fsp3) is 0.500. The fourth-order valence-corrected chi connectivity index (χ4v) is 4.83. The lowest BCUT2D eigenvalue weighted by Gasteiger charge is -2.35. The molecule has 1 saturated heterocycles. The second kappa shape index (κ2) is 14.9. The van der Waals surface area contributed by atoms with E-state index in [0.717, 1.165) is 21.9 Å². The van der Waals surface area contributed by atoms with Gasteiger partial charge in [0, 0.05) is 13.5 Å². The third-order valence-corrected chi connectivity index (χ3v) is 7.21. The van der Waals surface area contributed by atoms with Crippen molar-refractivity contribution in [1.29, 1.82) is 0 Å². The van der Waals surface area contributed by atoms with Crippen LogP contribution in [-0.2, 0) is 23.9 Å². The van der Waals surface area contributed by atoms with Crippen LogP contribution in [0, 0.1) is 5.92 Å². The minimum atomic E-state index is -0.863. The molecular weight excluding hydrogens is 536 g/mol. The summed E-state index contributed by atoms with van der Waals surface area (Å²) in [6.45, 7) is 10.5. The molecular formula is C32H44N4O6. The lowest BCUT2D eigenvalue weighted by molar-refractivity contribution is -0.157. The number of esters is 1. The largest absolute Gasteiger partial charge is 0.457 e. The number of ether oxygens (including phenoxy) is 1. The smallest absolute Gasteiger partial charge is 0.325 e. The molecule has 1 aliphatic rings. The number of nitrogens with zero attached hydrogens (tertiary/aromatic N) is 1. The SMILES string of the molecule is CC(=O)NC(C(=O)N[C@@H](C)C(=O)N1CCC[C@@H](C(=O)O[C@H](C)c2ccc3ccc(/C=C/C[C@H](C)O)cc3c2)N1)C(C)C. The summed E-state index contributed by atoms with van der Waals surface area (Å²) < 4.78 is 5.80. The standard InChI is InChI=1S/C32H44N4O6/c1-19(2)29(34-23(6)38)30(39)33-21(4)31(40)36-16-8-11-28(35-36)32(41)42-22(5)26-15-14-25-13-12-24(17-27(25)18-26)10-7-9-20(3)37/h7,10,12-15,17-22,28-29,35,37H,8-9,11,16H2,1-6H3,(H,33,39)(H,34,38)/b10-7+/t20-,21-,22+,28-,29?/m0/s1. The number of hydrogen-bond acceptors (Lipinski definition) is 7. The maximum Gasteiger partial charge on any atom is 0.325 e. The molecule has 3 rings (SSSR count). The molecule has 2 aromatic rings. The van der Waals surface area contributed by atoms with Gasteiger partial charge in [0.15, 0.2) is 0 Å². The van der Waals surface area contributed by atoms with Crippen molar-refractivity contribution >= 4 is 40.5 Å². The van der Waals surface area contributed by atoms with E-state index in [1.165, 1.54) is 11.9 Å². The molecule has 10 nitrogen and oxygen atoms in total. The predicted octanol–water partition coefficient (Wildman–Crippen LogP) is 3.39. The van der Waals surface area contributed by atoms with E-state index >= 15 is 0 Å². The van der Waals surface area contributed by atoms with Gasteiger partial charge in [-0.25, -0.2) is 5.43 Å². The molecule has 1 heterocycles. The van der Waals surface area contributed by atoms with E-state index in [2.05, 4.69) is 22.1 Å². The second-order valence-electron chi connectivity index (χ2n) is 11.4. The maximum absolute atomic E-state index is 13.1. The summed E-state index contributed by atoms with van der Waals surface area (Å²) >= 11 is 0. The van der Waals surface area contributed by atoms with Crippen molar-refractivity contribution in [2.24, 2.45) is 5.92 Å². The van der Waals surface area contributed by atoms with Crippen molar-refractivity contribution in [1.82, 2.24) is 21.1 Å². The Bertz CT molecular complexity index is 1310. The van der Waals surface area contributed by atoms with E-state index in [-0.39, 0.29) is 17.7 Å². The fourth-order valence-electron chi connectivity index (χ4n) is 4.83. The van der Waals surface area contributed by atoms with E-state index in [1.807, 2.05) is 63.3 Å². The molecule has 1 aliphatic heterocycles. The van der Waals surface area contributed by atoms with Crippen molar-refractivity contribution < 1.29 is 29.0 Å². The summed E-state index contributed by atoms with van der Waals surface area (Å²) in [5.41, 5.74) is 4.84. The Balaban J connectivity index is 1.60. The number of rotatable bonds is 11. The summed E-state index contributed by atoms with van der Waals surface area (Å²) in [5.74, 6) is -1.77. The van der Waals surface area contributed by atoms with Crippen molar-refractivity contribution in [3.8, 4) is 0 Å². The zero-order chi connectivity index (χ0) is 31.0. The molecule has 10 heteroatoms. The number of amides is 3. The van der Waals surface area contributed by atoms with Gasteiger partial charge < -0.3 is 20.5 Å². The number of aliphatic hydroxyl groups is 1. The van der Waals surface area contributed by atoms with Crippen molar-refractivity contribution in [2.45, 2.75) is 91.1 Å². The first-order valence-electron chi connectivity index (χ1n) is 14.6. The Kier molecular flexibility index (Phi) is 11.6. The van der Waals surface area contributed by atoms with Crippen molar-refractivity contribution in [2.75, 3.05) is 6.54 Å². The number of hydrogen-bond donors (Lipinski definition) is 4. The molecule has 0 bridgehead atoms. The summed E-state index contributed by atoms with van der Waals surface area (Å²) in [7, 11) is 0. The van der Waals surface area contributed by atoms with Gasteiger partial charge in [-0.05, 0) is 80.0 Å². The van der Waals surface area contributed by atoms with Crippen LogP contribution in [0.4, 0.5) is 0 Å². The minimum Gasteiger partial charge on any atom is -0.457 e. The van der Waals surface area contributed by atoms with Crippen molar-refractivity contribution in [3.05, 3.63) is 53.6 Å². The van der Waals surface area contributed by atoms with Crippen LogP contribution in [0.25, 0.3) is 16.8 Å². The number of carbonyl (C=O) groups is 4. The maximum atomic E-state index is 13.1. The number of benzene rings is 2. The highest BCUT2D eigenvalue weighted by Gasteiger charge is 2.33. The monoisotopic (exact) mass is 580 g/mol. The summed E-state index contributed by atoms with van der Waals surface area (Å²) in [6.07, 6.45) is 4.69. The van der Waals surface area contributed by atoms with E-state index in [4.69, 9.17) is 4.74 Å². The molecule has 4 N–H and O–H groups in total. The van der Waals surface area contributed by atoms with Gasteiger partial charge in [0.05, 0.1) is 6.10 Å². The first-order chi connectivity index (χ1) is 19.8. The van der Waals surface area contributed by atoms with Crippen LogP contribution in [0.1, 0.15) is 78.0 Å². The average molecular weight is 581 g/mol. The van der Waals surface area contributed by atoms with Gasteiger partial charge in [-0.3, -0.25) is 24.2 Å². The quantitative estimate of drug-likeness (QED) is 0.299. The van der Waals surface area contributed by atoms with Gasteiger partial charge >= 0.3 is 5.97 Å². The first kappa shape index (κ1) is 32.8. The van der Waals surface area contributed by atoms with Gasteiger partial charge in [0.1, 0.15) is 24.2 Å². The average Bonchev–Trinajstić information content (AvgIpc) is 2.94. The van der Waals surface area contributed by atoms with E-state index in [0.29, 0.717) is 25.8 Å². The van der Waals surface area contributed by atoms with Crippen LogP contribution in [0.5, 0.6) is 0 Å². The molecule has 0 saturated carbocycles. The summed E-state index contributed by atoms with van der Waals surface area (Å²) in [5, 5.41) is 18.2. The summed E-state index contributed by atoms with van der Waals surface area (Å²) in [6, 6.07) is 9.69. The van der Waals surface area contributed by atoms with Crippen molar-refractivity contribution in [3.63, 3.8) is 0 Å². The van der Waals surface area contributed by atoms with Crippen LogP contribution < -0.4 is 16.1 Å². The highest BCUT2D eigenvalue weighted by molar-refractivity contribution is 5.92. The molecule has 228 valence electrons. The Morgan fingerprint density at radius 3 is 2.43 bits per heavy atom. The van der Waals surface area contributed by atoms with Gasteiger partial charge in [-0.15, -0.1) is 0 Å². The molecule has 3 amide bonds. The van der Waals surface area contributed by atoms with E-state index in [9.17, 15) is 24.3 Å². The van der Waals surface area contributed by atoms with Gasteiger partial charge in [0.25, 0.3) is 5.91 Å². The Hall–Kier alpha value is -3.76. The van der Waals surface area contributed by atoms with E-state index < -0.39 is 42.2 Å². The zero-order valence-corrected chi connectivity index (χ0v) is 25.3. The molecule has 0 spiro atoms. The number of nitrogens with one attached hydrogen (secondary N) is 3. The Labute approximate surface area is 247 Å². The van der Waals surface area contributed by atoms with Crippen LogP contribution >= 0.6 is 0 Å². The molecule has 42 heavy (non-hydrogen) atoms. The summed E-state index contributed by atoms with van der Waals surface area (Å²) in [4.78, 5) is 50.4. The van der Waals surface area contributed by atoms with Gasteiger partial charge in [-0.1, -0.05) is 50.3 Å². The van der Waals surface area contributed by atoms with Crippen LogP contribution in [0.2, 0.25) is 0 Å². The molecule has 0 aliphatic carbocycles. The highest BCUT2D eigenvalue weighted by Crippen LogP contribution is 2.25. The Morgan fingerprint density at radius 2 is 1.76 bits per heavy atom. The molecule has 2 aromatic carbocycles. The zero-order valence-electron chi connectivity index (χ0n) is 25.3. The molecule has 5 atom stereocenters. The van der Waals surface area contributed by atoms with Gasteiger partial charge in [-0.2, -0.15) is 0 Å². The predicted molar refractivity (Wildman–Crippen MR) is 162 cm³/mol. The molecule has 0 radical (unpaired) electrons. The van der Waals surface area contributed by atoms with E-state index in [1.54, 1.807) is 13.8 Å². The molecule has 1 fully saturated rings. The number of fused-ring (bicyclic) bond motifs is 1. The number of hydrazine groups is 1.